The molecule has 1 aromatic carbocycles. The lowest BCUT2D eigenvalue weighted by molar-refractivity contribution is -0.195. The summed E-state index contributed by atoms with van der Waals surface area (Å²) in [7, 11) is 0. The normalized spacial score (nSPS) is 16.1. The fraction of sp³-hybridized carbons (Fsp3) is 0.400. The van der Waals surface area contributed by atoms with Gasteiger partial charge in [0.25, 0.3) is 0 Å². The molecule has 0 spiro atoms. The first kappa shape index (κ1) is 12.3. The number of hydrogen-bond acceptors (Lipinski definition) is 1. The number of alkyl halides is 3. The zero-order valence-electron chi connectivity index (χ0n) is 7.92. The van der Waals surface area contributed by atoms with Gasteiger partial charge in [-0.15, -0.1) is 0 Å². The smallest absolute Gasteiger partial charge is 0.388 e. The third-order valence-electron chi connectivity index (χ3n) is 2.21. The molecule has 1 aromatic rings. The zero-order chi connectivity index (χ0) is 11.6. The molecule has 5 heteroatoms. The van der Waals surface area contributed by atoms with Crippen molar-refractivity contribution in [3.05, 3.63) is 34.9 Å². The molecular formula is C10H10ClF3O. The van der Waals surface area contributed by atoms with Crippen LogP contribution in [0.25, 0.3) is 0 Å². The van der Waals surface area contributed by atoms with Gasteiger partial charge in [-0.05, 0) is 11.6 Å². The maximum Gasteiger partial charge on any atom is 0.394 e. The number of rotatable bonds is 2. The summed E-state index contributed by atoms with van der Waals surface area (Å²) in [5.74, 6) is -1.84. The molecule has 0 aliphatic heterocycles. The lowest BCUT2D eigenvalue weighted by atomic mass is 9.97. The third-order valence-corrected chi connectivity index (χ3v) is 2.56. The van der Waals surface area contributed by atoms with E-state index in [9.17, 15) is 18.3 Å². The SMILES string of the molecule is C[C@H]([C@H](O)c1ccccc1Cl)C(F)(F)F. The highest BCUT2D eigenvalue weighted by atomic mass is 35.5. The van der Waals surface area contributed by atoms with E-state index in [0.29, 0.717) is 0 Å². The molecule has 1 nitrogen and oxygen atoms in total. The van der Waals surface area contributed by atoms with Crippen molar-refractivity contribution in [2.75, 3.05) is 0 Å². The molecule has 0 aliphatic rings. The first-order valence-corrected chi connectivity index (χ1v) is 4.71. The van der Waals surface area contributed by atoms with Gasteiger partial charge in [-0.1, -0.05) is 36.7 Å². The maximum atomic E-state index is 12.3. The van der Waals surface area contributed by atoms with Crippen LogP contribution in [0.3, 0.4) is 0 Å². The highest BCUT2D eigenvalue weighted by molar-refractivity contribution is 6.31. The van der Waals surface area contributed by atoms with Crippen molar-refractivity contribution in [3.63, 3.8) is 0 Å². The molecule has 1 N–H and O–H groups in total. The first-order valence-electron chi connectivity index (χ1n) is 4.33. The zero-order valence-corrected chi connectivity index (χ0v) is 8.68. The third kappa shape index (κ3) is 2.86. The van der Waals surface area contributed by atoms with Crippen LogP contribution in [0, 0.1) is 5.92 Å². The van der Waals surface area contributed by atoms with Crippen molar-refractivity contribution in [1.29, 1.82) is 0 Å². The van der Waals surface area contributed by atoms with Crippen LogP contribution in [-0.4, -0.2) is 11.3 Å². The molecule has 0 heterocycles. The van der Waals surface area contributed by atoms with Gasteiger partial charge in [-0.25, -0.2) is 0 Å². The molecule has 15 heavy (non-hydrogen) atoms. The van der Waals surface area contributed by atoms with Crippen LogP contribution in [0.1, 0.15) is 18.6 Å². The van der Waals surface area contributed by atoms with E-state index in [-0.39, 0.29) is 10.6 Å². The number of halogens is 4. The van der Waals surface area contributed by atoms with E-state index < -0.39 is 18.2 Å². The summed E-state index contributed by atoms with van der Waals surface area (Å²) in [6.45, 7) is 0.925. The second-order valence-electron chi connectivity index (χ2n) is 3.30. The Morgan fingerprint density at radius 3 is 2.27 bits per heavy atom. The van der Waals surface area contributed by atoms with Crippen molar-refractivity contribution in [3.8, 4) is 0 Å². The minimum atomic E-state index is -4.43. The minimum Gasteiger partial charge on any atom is -0.388 e. The standard InChI is InChI=1S/C10H10ClF3O/c1-6(10(12,13)14)9(15)7-4-2-3-5-8(7)11/h2-6,9,15H,1H3/t6-,9+/m1/s1. The molecule has 0 amide bonds. The van der Waals surface area contributed by atoms with E-state index in [1.807, 2.05) is 0 Å². The van der Waals surface area contributed by atoms with Gasteiger partial charge in [-0.3, -0.25) is 0 Å². The lowest BCUT2D eigenvalue weighted by Gasteiger charge is -2.22. The minimum absolute atomic E-state index is 0.101. The van der Waals surface area contributed by atoms with Gasteiger partial charge < -0.3 is 5.11 Å². The van der Waals surface area contributed by atoms with Crippen molar-refractivity contribution >= 4 is 11.6 Å². The van der Waals surface area contributed by atoms with E-state index in [2.05, 4.69) is 0 Å². The largest absolute Gasteiger partial charge is 0.394 e. The van der Waals surface area contributed by atoms with E-state index in [1.54, 1.807) is 6.07 Å². The summed E-state index contributed by atoms with van der Waals surface area (Å²) in [5, 5.41) is 9.64. The second kappa shape index (κ2) is 4.41. The van der Waals surface area contributed by atoms with Crippen molar-refractivity contribution in [2.24, 2.45) is 5.92 Å². The number of aliphatic hydroxyl groups excluding tert-OH is 1. The number of benzene rings is 1. The van der Waals surface area contributed by atoms with E-state index in [4.69, 9.17) is 11.6 Å². The van der Waals surface area contributed by atoms with E-state index >= 15 is 0 Å². The average molecular weight is 239 g/mol. The molecule has 0 aromatic heterocycles. The number of hydrogen-bond donors (Lipinski definition) is 1. The van der Waals surface area contributed by atoms with E-state index in [0.717, 1.165) is 6.92 Å². The molecule has 0 unspecified atom stereocenters. The van der Waals surface area contributed by atoms with Gasteiger partial charge in [-0.2, -0.15) is 13.2 Å². The highest BCUT2D eigenvalue weighted by Crippen LogP contribution is 2.37. The fourth-order valence-corrected chi connectivity index (χ4v) is 1.41. The summed E-state index contributed by atoms with van der Waals surface area (Å²) in [6, 6.07) is 5.96. The Hall–Kier alpha value is -0.740. The Morgan fingerprint density at radius 1 is 1.27 bits per heavy atom. The molecule has 0 fully saturated rings. The summed E-state index contributed by atoms with van der Waals surface area (Å²) in [6.07, 6.45) is -6.06. The van der Waals surface area contributed by atoms with Gasteiger partial charge >= 0.3 is 6.18 Å². The molecule has 1 rings (SSSR count). The molecule has 0 saturated heterocycles. The topological polar surface area (TPSA) is 20.2 Å². The Balaban J connectivity index is 2.95. The van der Waals surface area contributed by atoms with Gasteiger partial charge in [0.2, 0.25) is 0 Å². The average Bonchev–Trinajstić information content (AvgIpc) is 2.15. The van der Waals surface area contributed by atoms with Crippen LogP contribution in [0.2, 0.25) is 5.02 Å². The lowest BCUT2D eigenvalue weighted by Crippen LogP contribution is -2.26. The predicted octanol–water partition coefficient (Wildman–Crippen LogP) is 3.57. The van der Waals surface area contributed by atoms with Gasteiger partial charge in [0.05, 0.1) is 12.0 Å². The van der Waals surface area contributed by atoms with E-state index in [1.165, 1.54) is 18.2 Å². The Morgan fingerprint density at radius 2 is 1.80 bits per heavy atom. The van der Waals surface area contributed by atoms with Crippen LogP contribution in [0.15, 0.2) is 24.3 Å². The van der Waals surface area contributed by atoms with Gasteiger partial charge in [0, 0.05) is 5.02 Å². The molecule has 0 saturated carbocycles. The van der Waals surface area contributed by atoms with Gasteiger partial charge in [0.1, 0.15) is 0 Å². The maximum absolute atomic E-state index is 12.3. The molecule has 0 radical (unpaired) electrons. The van der Waals surface area contributed by atoms with Crippen molar-refractivity contribution in [1.82, 2.24) is 0 Å². The number of aliphatic hydroxyl groups is 1. The summed E-state index contributed by atoms with van der Waals surface area (Å²) >= 11 is 5.69. The molecule has 0 bridgehead atoms. The summed E-state index contributed by atoms with van der Waals surface area (Å²) in [5.41, 5.74) is 0.101. The van der Waals surface area contributed by atoms with Crippen LogP contribution >= 0.6 is 11.6 Å². The van der Waals surface area contributed by atoms with Crippen LogP contribution in [0.4, 0.5) is 13.2 Å². The molecular weight excluding hydrogens is 229 g/mol. The first-order chi connectivity index (χ1) is 6.84. The van der Waals surface area contributed by atoms with Gasteiger partial charge in [0.15, 0.2) is 0 Å². The highest BCUT2D eigenvalue weighted by Gasteiger charge is 2.41. The molecule has 0 aliphatic carbocycles. The molecule has 84 valence electrons. The Labute approximate surface area is 90.5 Å². The van der Waals surface area contributed by atoms with Crippen molar-refractivity contribution in [2.45, 2.75) is 19.2 Å². The fourth-order valence-electron chi connectivity index (χ4n) is 1.16. The molecule has 2 atom stereocenters. The summed E-state index contributed by atoms with van der Waals surface area (Å²) < 4.78 is 36.9. The Bertz CT molecular complexity index is 338. The monoisotopic (exact) mass is 238 g/mol. The second-order valence-corrected chi connectivity index (χ2v) is 3.70. The van der Waals surface area contributed by atoms with Crippen LogP contribution in [-0.2, 0) is 0 Å². The van der Waals surface area contributed by atoms with Crippen LogP contribution < -0.4 is 0 Å². The Kier molecular flexibility index (Phi) is 3.62. The van der Waals surface area contributed by atoms with Crippen LogP contribution in [0.5, 0.6) is 0 Å². The summed E-state index contributed by atoms with van der Waals surface area (Å²) in [4.78, 5) is 0. The predicted molar refractivity (Wildman–Crippen MR) is 51.6 cm³/mol. The van der Waals surface area contributed by atoms with Crippen molar-refractivity contribution < 1.29 is 18.3 Å². The quantitative estimate of drug-likeness (QED) is 0.835.